The minimum Gasteiger partial charge on any atom is -0.493 e. The van der Waals surface area contributed by atoms with E-state index in [9.17, 15) is 9.18 Å². The molecule has 0 saturated carbocycles. The smallest absolute Gasteiger partial charge is 0.225 e. The van der Waals surface area contributed by atoms with Crippen LogP contribution in [0, 0.1) is 5.82 Å². The first-order valence-corrected chi connectivity index (χ1v) is 9.45. The normalized spacial score (nSPS) is 15.8. The van der Waals surface area contributed by atoms with E-state index in [1.54, 1.807) is 24.5 Å². The number of amides is 1. The van der Waals surface area contributed by atoms with E-state index in [4.69, 9.17) is 9.47 Å². The number of benzene rings is 2. The number of ether oxygens (including phenoxy) is 2. The highest BCUT2D eigenvalue weighted by molar-refractivity contribution is 7.10. The van der Waals surface area contributed by atoms with Crippen LogP contribution in [0.3, 0.4) is 0 Å². The molecule has 0 spiro atoms. The third-order valence-electron chi connectivity index (χ3n) is 4.55. The van der Waals surface area contributed by atoms with E-state index in [-0.39, 0.29) is 24.2 Å². The molecule has 4 nitrogen and oxygen atoms in total. The number of carbonyl (C=O) groups is 1. The van der Waals surface area contributed by atoms with Gasteiger partial charge in [0.05, 0.1) is 12.8 Å². The summed E-state index contributed by atoms with van der Waals surface area (Å²) in [5.41, 5.74) is 2.47. The molecule has 6 heteroatoms. The minimum absolute atomic E-state index is 0.0233. The van der Waals surface area contributed by atoms with E-state index in [0.717, 1.165) is 21.7 Å². The van der Waals surface area contributed by atoms with Crippen molar-refractivity contribution in [1.82, 2.24) is 0 Å². The van der Waals surface area contributed by atoms with Crippen molar-refractivity contribution in [2.75, 3.05) is 12.4 Å². The molecule has 0 saturated heterocycles. The van der Waals surface area contributed by atoms with Gasteiger partial charge >= 0.3 is 0 Å². The van der Waals surface area contributed by atoms with Crippen LogP contribution in [-0.4, -0.2) is 13.0 Å². The molecule has 1 aliphatic heterocycles. The number of anilines is 1. The second-order valence-corrected chi connectivity index (χ2v) is 7.25. The van der Waals surface area contributed by atoms with Gasteiger partial charge in [-0.15, -0.1) is 11.3 Å². The van der Waals surface area contributed by atoms with Crippen molar-refractivity contribution < 1.29 is 18.7 Å². The van der Waals surface area contributed by atoms with Gasteiger partial charge in [0, 0.05) is 22.8 Å². The first kappa shape index (κ1) is 17.5. The summed E-state index contributed by atoms with van der Waals surface area (Å²) in [5.74, 6) is 0.746. The Morgan fingerprint density at radius 3 is 2.89 bits per heavy atom. The quantitative estimate of drug-likeness (QED) is 0.678. The summed E-state index contributed by atoms with van der Waals surface area (Å²) in [6, 6.07) is 13.9. The number of hydrogen-bond acceptors (Lipinski definition) is 4. The standard InChI is InChI=1S/C21H18FNO3S/c1-25-18-7-3-6-15(16-11-19(24)23-17-8-9-27-21(16)17)20(18)26-12-13-4-2-5-14(22)10-13/h2-10,16H,11-12H2,1H3,(H,23,24). The SMILES string of the molecule is COc1cccc(C2CC(=O)Nc3ccsc32)c1OCc1cccc(F)c1. The molecule has 0 radical (unpaired) electrons. The zero-order valence-corrected chi connectivity index (χ0v) is 15.5. The number of para-hydroxylation sites is 1. The molecule has 2 heterocycles. The van der Waals surface area contributed by atoms with Gasteiger partial charge in [-0.1, -0.05) is 24.3 Å². The molecule has 27 heavy (non-hydrogen) atoms. The average Bonchev–Trinajstić information content (AvgIpc) is 3.13. The van der Waals surface area contributed by atoms with Gasteiger partial charge < -0.3 is 14.8 Å². The van der Waals surface area contributed by atoms with Crippen LogP contribution in [0.5, 0.6) is 11.5 Å². The molecular weight excluding hydrogens is 365 g/mol. The lowest BCUT2D eigenvalue weighted by Gasteiger charge is -2.25. The molecule has 2 aromatic carbocycles. The van der Waals surface area contributed by atoms with Gasteiger partial charge in [0.1, 0.15) is 12.4 Å². The summed E-state index contributed by atoms with van der Waals surface area (Å²) >= 11 is 1.61. The number of carbonyl (C=O) groups excluding carboxylic acids is 1. The van der Waals surface area contributed by atoms with Crippen LogP contribution in [0.4, 0.5) is 10.1 Å². The van der Waals surface area contributed by atoms with Crippen LogP contribution in [0.1, 0.15) is 28.3 Å². The topological polar surface area (TPSA) is 47.6 Å². The van der Waals surface area contributed by atoms with Crippen LogP contribution in [-0.2, 0) is 11.4 Å². The van der Waals surface area contributed by atoms with Crippen molar-refractivity contribution in [2.45, 2.75) is 18.9 Å². The average molecular weight is 383 g/mol. The summed E-state index contributed by atoms with van der Waals surface area (Å²) in [7, 11) is 1.58. The van der Waals surface area contributed by atoms with Crippen molar-refractivity contribution in [3.8, 4) is 11.5 Å². The molecule has 1 N–H and O–H groups in total. The highest BCUT2D eigenvalue weighted by Gasteiger charge is 2.30. The van der Waals surface area contributed by atoms with E-state index in [1.165, 1.54) is 12.1 Å². The van der Waals surface area contributed by atoms with Crippen molar-refractivity contribution in [2.24, 2.45) is 0 Å². The highest BCUT2D eigenvalue weighted by atomic mass is 32.1. The minimum atomic E-state index is -0.302. The van der Waals surface area contributed by atoms with Crippen molar-refractivity contribution >= 4 is 22.9 Å². The fraction of sp³-hybridized carbons (Fsp3) is 0.190. The molecule has 1 atom stereocenters. The van der Waals surface area contributed by atoms with Gasteiger partial charge in [0.2, 0.25) is 5.91 Å². The fourth-order valence-electron chi connectivity index (χ4n) is 3.33. The van der Waals surface area contributed by atoms with Gasteiger partial charge in [0.25, 0.3) is 0 Å². The maximum Gasteiger partial charge on any atom is 0.225 e. The number of halogens is 1. The van der Waals surface area contributed by atoms with Gasteiger partial charge in [0.15, 0.2) is 11.5 Å². The Bertz CT molecular complexity index is 985. The van der Waals surface area contributed by atoms with Gasteiger partial charge in [-0.3, -0.25) is 4.79 Å². The summed E-state index contributed by atoms with van der Waals surface area (Å²) < 4.78 is 25.0. The van der Waals surface area contributed by atoms with Crippen molar-refractivity contribution in [1.29, 1.82) is 0 Å². The summed E-state index contributed by atoms with van der Waals surface area (Å²) in [6.07, 6.45) is 0.344. The monoisotopic (exact) mass is 383 g/mol. The lowest BCUT2D eigenvalue weighted by Crippen LogP contribution is -2.22. The Balaban J connectivity index is 1.71. The van der Waals surface area contributed by atoms with Gasteiger partial charge in [-0.2, -0.15) is 0 Å². The van der Waals surface area contributed by atoms with E-state index in [1.807, 2.05) is 35.7 Å². The maximum absolute atomic E-state index is 13.5. The highest BCUT2D eigenvalue weighted by Crippen LogP contribution is 2.46. The summed E-state index contributed by atoms with van der Waals surface area (Å²) in [6.45, 7) is 0.210. The molecule has 0 bridgehead atoms. The predicted molar refractivity (Wildman–Crippen MR) is 103 cm³/mol. The zero-order valence-electron chi connectivity index (χ0n) is 14.7. The lowest BCUT2D eigenvalue weighted by atomic mass is 9.89. The Morgan fingerprint density at radius 1 is 1.22 bits per heavy atom. The number of hydrogen-bond donors (Lipinski definition) is 1. The molecule has 1 aliphatic rings. The second-order valence-electron chi connectivity index (χ2n) is 6.30. The van der Waals surface area contributed by atoms with Gasteiger partial charge in [-0.25, -0.2) is 4.39 Å². The Hall–Kier alpha value is -2.86. The number of fused-ring (bicyclic) bond motifs is 1. The number of methoxy groups -OCH3 is 1. The van der Waals surface area contributed by atoms with Crippen LogP contribution >= 0.6 is 11.3 Å². The van der Waals surface area contributed by atoms with E-state index < -0.39 is 0 Å². The second kappa shape index (κ2) is 7.40. The maximum atomic E-state index is 13.5. The molecule has 3 aromatic rings. The number of thiophene rings is 1. The van der Waals surface area contributed by atoms with E-state index in [0.29, 0.717) is 17.9 Å². The predicted octanol–water partition coefficient (Wildman–Crippen LogP) is 4.95. The largest absolute Gasteiger partial charge is 0.493 e. The molecular formula is C21H18FNO3S. The van der Waals surface area contributed by atoms with Crippen LogP contribution in [0.15, 0.2) is 53.9 Å². The molecule has 1 amide bonds. The van der Waals surface area contributed by atoms with E-state index in [2.05, 4.69) is 5.32 Å². The molecule has 1 aromatic heterocycles. The lowest BCUT2D eigenvalue weighted by molar-refractivity contribution is -0.116. The number of rotatable bonds is 5. The van der Waals surface area contributed by atoms with Crippen molar-refractivity contribution in [3.05, 3.63) is 75.7 Å². The van der Waals surface area contributed by atoms with E-state index >= 15 is 0 Å². The molecule has 4 rings (SSSR count). The molecule has 1 unspecified atom stereocenters. The Kier molecular flexibility index (Phi) is 4.81. The Morgan fingerprint density at radius 2 is 2.07 bits per heavy atom. The summed E-state index contributed by atoms with van der Waals surface area (Å²) in [4.78, 5) is 13.3. The van der Waals surface area contributed by atoms with Gasteiger partial charge in [-0.05, 0) is 35.2 Å². The fourth-order valence-corrected chi connectivity index (χ4v) is 4.30. The summed E-state index contributed by atoms with van der Waals surface area (Å²) in [5, 5.41) is 4.88. The first-order valence-electron chi connectivity index (χ1n) is 8.57. The third kappa shape index (κ3) is 3.53. The first-order chi connectivity index (χ1) is 13.2. The molecule has 0 fully saturated rings. The third-order valence-corrected chi connectivity index (χ3v) is 5.58. The van der Waals surface area contributed by atoms with Crippen molar-refractivity contribution in [3.63, 3.8) is 0 Å². The van der Waals surface area contributed by atoms with Crippen LogP contribution < -0.4 is 14.8 Å². The van der Waals surface area contributed by atoms with Crippen LogP contribution in [0.2, 0.25) is 0 Å². The Labute approximate surface area is 160 Å². The van der Waals surface area contributed by atoms with Crippen LogP contribution in [0.25, 0.3) is 0 Å². The zero-order chi connectivity index (χ0) is 18.8. The number of nitrogens with one attached hydrogen (secondary N) is 1. The molecule has 138 valence electrons. The molecule has 0 aliphatic carbocycles.